The van der Waals surface area contributed by atoms with Crippen LogP contribution in [0.1, 0.15) is 156 Å². The van der Waals surface area contributed by atoms with E-state index in [1.807, 2.05) is 0 Å². The highest BCUT2D eigenvalue weighted by Crippen LogP contribution is 2.09. The van der Waals surface area contributed by atoms with Gasteiger partial charge in [0.1, 0.15) is 13.2 Å². The standard InChI is InChI=1S/C36H62O6/c1-4-7-10-13-16-19-22-25-28-34(37)40-31-33(42-36(39)30-27-24-21-18-15-12-9-6-3)32-41-35(38)29-26-23-20-17-14-11-8-5-2/h13-18,33H,4-12,19-32H2,1-3H3/b16-13+,17-14+,18-15+. The van der Waals surface area contributed by atoms with E-state index in [0.29, 0.717) is 19.3 Å². The average Bonchev–Trinajstić information content (AvgIpc) is 2.98. The number of unbranched alkanes of at least 4 members (excludes halogenated alkanes) is 12. The van der Waals surface area contributed by atoms with E-state index in [-0.39, 0.29) is 31.1 Å². The maximum Gasteiger partial charge on any atom is 0.306 e. The molecule has 6 nitrogen and oxygen atoms in total. The zero-order chi connectivity index (χ0) is 30.9. The third kappa shape index (κ3) is 29.1. The van der Waals surface area contributed by atoms with E-state index < -0.39 is 6.10 Å². The van der Waals surface area contributed by atoms with Crippen molar-refractivity contribution in [2.45, 2.75) is 162 Å². The Labute approximate surface area is 257 Å². The molecule has 0 saturated carbocycles. The Balaban J connectivity index is 4.47. The average molecular weight is 591 g/mol. The second-order valence-corrected chi connectivity index (χ2v) is 11.1. The zero-order valence-corrected chi connectivity index (χ0v) is 27.3. The molecule has 0 radical (unpaired) electrons. The molecule has 0 aromatic heterocycles. The second kappa shape index (κ2) is 31.6. The lowest BCUT2D eigenvalue weighted by molar-refractivity contribution is -0.167. The van der Waals surface area contributed by atoms with Crippen LogP contribution in [0.5, 0.6) is 0 Å². The molecule has 0 spiro atoms. The van der Waals surface area contributed by atoms with E-state index in [9.17, 15) is 14.4 Å². The molecule has 0 amide bonds. The van der Waals surface area contributed by atoms with Gasteiger partial charge in [-0.05, 0) is 77.0 Å². The van der Waals surface area contributed by atoms with Crippen molar-refractivity contribution in [3.05, 3.63) is 36.5 Å². The van der Waals surface area contributed by atoms with Gasteiger partial charge in [-0.3, -0.25) is 14.4 Å². The summed E-state index contributed by atoms with van der Waals surface area (Å²) in [6.45, 7) is 6.34. The molecule has 0 rings (SSSR count). The summed E-state index contributed by atoms with van der Waals surface area (Å²) >= 11 is 0. The molecule has 0 saturated heterocycles. The summed E-state index contributed by atoms with van der Waals surface area (Å²) < 4.78 is 16.4. The topological polar surface area (TPSA) is 78.9 Å². The minimum absolute atomic E-state index is 0.0997. The molecule has 0 heterocycles. The van der Waals surface area contributed by atoms with Crippen LogP contribution in [0, 0.1) is 0 Å². The van der Waals surface area contributed by atoms with Gasteiger partial charge < -0.3 is 14.2 Å². The van der Waals surface area contributed by atoms with Crippen LogP contribution < -0.4 is 0 Å². The van der Waals surface area contributed by atoms with Crippen LogP contribution in [0.25, 0.3) is 0 Å². The first-order chi connectivity index (χ1) is 20.5. The molecule has 0 aromatic rings. The molecule has 242 valence electrons. The van der Waals surface area contributed by atoms with Crippen LogP contribution in [0.2, 0.25) is 0 Å². The maximum atomic E-state index is 12.5. The van der Waals surface area contributed by atoms with Crippen molar-refractivity contribution in [3.63, 3.8) is 0 Å². The van der Waals surface area contributed by atoms with Crippen LogP contribution >= 0.6 is 0 Å². The Morgan fingerprint density at radius 2 is 0.762 bits per heavy atom. The minimum Gasteiger partial charge on any atom is -0.462 e. The van der Waals surface area contributed by atoms with Crippen molar-refractivity contribution in [2.24, 2.45) is 0 Å². The summed E-state index contributed by atoms with van der Waals surface area (Å²) in [5.41, 5.74) is 0. The van der Waals surface area contributed by atoms with Crippen LogP contribution in [-0.4, -0.2) is 37.2 Å². The lowest BCUT2D eigenvalue weighted by Gasteiger charge is -2.18. The zero-order valence-electron chi connectivity index (χ0n) is 27.3. The van der Waals surface area contributed by atoms with Gasteiger partial charge in [-0.2, -0.15) is 0 Å². The largest absolute Gasteiger partial charge is 0.462 e. The molecule has 42 heavy (non-hydrogen) atoms. The van der Waals surface area contributed by atoms with Gasteiger partial charge in [0, 0.05) is 19.3 Å². The number of hydrogen-bond acceptors (Lipinski definition) is 6. The highest BCUT2D eigenvalue weighted by atomic mass is 16.6. The number of hydrogen-bond donors (Lipinski definition) is 0. The number of allylic oxidation sites excluding steroid dienone is 6. The quantitative estimate of drug-likeness (QED) is 0.0373. The first-order valence-electron chi connectivity index (χ1n) is 17.0. The molecule has 0 aromatic carbocycles. The van der Waals surface area contributed by atoms with E-state index in [2.05, 4.69) is 57.2 Å². The predicted octanol–water partition coefficient (Wildman–Crippen LogP) is 9.90. The Bertz CT molecular complexity index is 697. The van der Waals surface area contributed by atoms with E-state index >= 15 is 0 Å². The van der Waals surface area contributed by atoms with Crippen molar-refractivity contribution < 1.29 is 28.6 Å². The van der Waals surface area contributed by atoms with Crippen LogP contribution in [0.3, 0.4) is 0 Å². The molecular weight excluding hydrogens is 528 g/mol. The summed E-state index contributed by atoms with van der Waals surface area (Å²) in [5, 5.41) is 0. The predicted molar refractivity (Wildman–Crippen MR) is 173 cm³/mol. The molecular formula is C36H62O6. The fourth-order valence-electron chi connectivity index (χ4n) is 4.14. The van der Waals surface area contributed by atoms with Crippen LogP contribution in [-0.2, 0) is 28.6 Å². The number of esters is 3. The highest BCUT2D eigenvalue weighted by molar-refractivity contribution is 5.71. The molecule has 0 fully saturated rings. The number of carbonyl (C=O) groups is 3. The van der Waals surface area contributed by atoms with E-state index in [1.165, 1.54) is 38.5 Å². The van der Waals surface area contributed by atoms with E-state index in [4.69, 9.17) is 14.2 Å². The minimum atomic E-state index is -0.790. The van der Waals surface area contributed by atoms with Gasteiger partial charge in [-0.15, -0.1) is 0 Å². The van der Waals surface area contributed by atoms with Gasteiger partial charge in [-0.1, -0.05) is 95.8 Å². The van der Waals surface area contributed by atoms with Crippen molar-refractivity contribution in [2.75, 3.05) is 13.2 Å². The summed E-state index contributed by atoms with van der Waals surface area (Å²) in [4.78, 5) is 37.0. The van der Waals surface area contributed by atoms with Crippen molar-refractivity contribution in [3.8, 4) is 0 Å². The van der Waals surface area contributed by atoms with Crippen molar-refractivity contribution >= 4 is 17.9 Å². The van der Waals surface area contributed by atoms with Gasteiger partial charge in [0.15, 0.2) is 6.10 Å². The monoisotopic (exact) mass is 590 g/mol. The first-order valence-corrected chi connectivity index (χ1v) is 17.0. The summed E-state index contributed by atoms with van der Waals surface area (Å²) in [6.07, 6.45) is 31.6. The molecule has 0 unspecified atom stereocenters. The fraction of sp³-hybridized carbons (Fsp3) is 0.750. The van der Waals surface area contributed by atoms with Crippen molar-refractivity contribution in [1.29, 1.82) is 0 Å². The Morgan fingerprint density at radius 3 is 1.10 bits per heavy atom. The van der Waals surface area contributed by atoms with Crippen molar-refractivity contribution in [1.82, 2.24) is 0 Å². The molecule has 0 N–H and O–H groups in total. The van der Waals surface area contributed by atoms with E-state index in [1.54, 1.807) is 0 Å². The number of rotatable bonds is 29. The lowest BCUT2D eigenvalue weighted by atomic mass is 10.1. The first kappa shape index (κ1) is 39.6. The van der Waals surface area contributed by atoms with Gasteiger partial charge >= 0.3 is 17.9 Å². The van der Waals surface area contributed by atoms with Gasteiger partial charge in [0.2, 0.25) is 0 Å². The van der Waals surface area contributed by atoms with Gasteiger partial charge in [0.25, 0.3) is 0 Å². The van der Waals surface area contributed by atoms with Crippen LogP contribution in [0.15, 0.2) is 36.5 Å². The molecule has 0 atom stereocenters. The second-order valence-electron chi connectivity index (χ2n) is 11.1. The SMILES string of the molecule is CCCC/C=C/CCCCC(=O)OCC(COC(=O)CCCC/C=C/CCCC)OC(=O)CCCC/C=C/CCCC. The number of carbonyl (C=O) groups excluding carboxylic acids is 3. The maximum absolute atomic E-state index is 12.5. The Kier molecular flexibility index (Phi) is 29.8. The summed E-state index contributed by atoms with van der Waals surface area (Å²) in [7, 11) is 0. The lowest BCUT2D eigenvalue weighted by Crippen LogP contribution is -2.30. The summed E-state index contributed by atoms with van der Waals surface area (Å²) in [5.74, 6) is -0.995. The smallest absolute Gasteiger partial charge is 0.306 e. The normalized spacial score (nSPS) is 11.7. The van der Waals surface area contributed by atoms with Gasteiger partial charge in [0.05, 0.1) is 0 Å². The van der Waals surface area contributed by atoms with Gasteiger partial charge in [-0.25, -0.2) is 0 Å². The molecule has 0 bridgehead atoms. The Hall–Kier alpha value is -2.37. The molecule has 0 aliphatic rings. The molecule has 6 heteroatoms. The number of ether oxygens (including phenoxy) is 3. The third-order valence-electron chi connectivity index (χ3n) is 6.84. The molecule has 0 aliphatic carbocycles. The third-order valence-corrected chi connectivity index (χ3v) is 6.84. The highest BCUT2D eigenvalue weighted by Gasteiger charge is 2.19. The fourth-order valence-corrected chi connectivity index (χ4v) is 4.14. The Morgan fingerprint density at radius 1 is 0.452 bits per heavy atom. The summed E-state index contributed by atoms with van der Waals surface area (Å²) in [6, 6.07) is 0. The molecule has 0 aliphatic heterocycles. The van der Waals surface area contributed by atoms with E-state index in [0.717, 1.165) is 77.0 Å². The van der Waals surface area contributed by atoms with Crippen LogP contribution in [0.4, 0.5) is 0 Å².